The van der Waals surface area contributed by atoms with E-state index in [-0.39, 0.29) is 28.1 Å². The van der Waals surface area contributed by atoms with Crippen molar-refractivity contribution in [3.05, 3.63) is 40.2 Å². The van der Waals surface area contributed by atoms with Gasteiger partial charge in [0, 0.05) is 0 Å². The van der Waals surface area contributed by atoms with E-state index >= 15 is 0 Å². The van der Waals surface area contributed by atoms with E-state index < -0.39 is 17.5 Å². The van der Waals surface area contributed by atoms with E-state index in [0.29, 0.717) is 0 Å². The number of benzene rings is 1. The van der Waals surface area contributed by atoms with Crippen molar-refractivity contribution in [2.24, 2.45) is 0 Å². The molecule has 0 spiro atoms. The summed E-state index contributed by atoms with van der Waals surface area (Å²) in [6.45, 7) is -0.0465. The predicted molar refractivity (Wildman–Crippen MR) is 63.9 cm³/mol. The standard InChI is InChI=1S/C11H5BrFN3O3/c12-6-1-5-8(2-7(6)13)16(11(18)10(5)17)3-9-14-4-19-15-9/h1-2,4H,3H2. The van der Waals surface area contributed by atoms with Crippen LogP contribution in [0.15, 0.2) is 27.5 Å². The molecule has 1 aliphatic heterocycles. The molecule has 8 heteroatoms. The summed E-state index contributed by atoms with van der Waals surface area (Å²) < 4.78 is 18.2. The lowest BCUT2D eigenvalue weighted by Gasteiger charge is -2.14. The third-order valence-electron chi connectivity index (χ3n) is 2.72. The van der Waals surface area contributed by atoms with Crippen LogP contribution in [0.5, 0.6) is 0 Å². The summed E-state index contributed by atoms with van der Waals surface area (Å²) in [5.41, 5.74) is 0.363. The molecular weight excluding hydrogens is 321 g/mol. The molecule has 0 aliphatic carbocycles. The van der Waals surface area contributed by atoms with Gasteiger partial charge in [0.15, 0.2) is 5.82 Å². The third kappa shape index (κ3) is 1.84. The van der Waals surface area contributed by atoms with Gasteiger partial charge < -0.3 is 4.52 Å². The van der Waals surface area contributed by atoms with Gasteiger partial charge in [0.25, 0.3) is 11.7 Å². The molecule has 0 N–H and O–H groups in total. The number of anilines is 1. The molecule has 0 bridgehead atoms. The molecule has 96 valence electrons. The maximum absolute atomic E-state index is 13.5. The van der Waals surface area contributed by atoms with Crippen molar-refractivity contribution >= 4 is 33.3 Å². The normalized spacial score (nSPS) is 14.1. The first-order chi connectivity index (χ1) is 9.08. The molecule has 19 heavy (non-hydrogen) atoms. The molecule has 1 aromatic carbocycles. The van der Waals surface area contributed by atoms with Crippen molar-refractivity contribution in [3.63, 3.8) is 0 Å². The SMILES string of the molecule is O=C1C(=O)N(Cc2ncon2)c2cc(F)c(Br)cc21. The highest BCUT2D eigenvalue weighted by atomic mass is 79.9. The van der Waals surface area contributed by atoms with Crippen LogP contribution in [0.4, 0.5) is 10.1 Å². The summed E-state index contributed by atoms with van der Waals surface area (Å²) in [5.74, 6) is -1.74. The lowest BCUT2D eigenvalue weighted by atomic mass is 10.1. The average molecular weight is 326 g/mol. The molecule has 1 aromatic heterocycles. The molecule has 3 rings (SSSR count). The number of rotatable bonds is 2. The largest absolute Gasteiger partial charge is 0.343 e. The summed E-state index contributed by atoms with van der Waals surface area (Å²) in [6.07, 6.45) is 1.11. The zero-order valence-electron chi connectivity index (χ0n) is 9.26. The number of nitrogens with zero attached hydrogens (tertiary/aromatic N) is 3. The van der Waals surface area contributed by atoms with Gasteiger partial charge in [-0.1, -0.05) is 5.16 Å². The average Bonchev–Trinajstić information content (AvgIpc) is 2.96. The van der Waals surface area contributed by atoms with Crippen molar-refractivity contribution in [2.75, 3.05) is 4.90 Å². The highest BCUT2D eigenvalue weighted by Crippen LogP contribution is 2.33. The second-order valence-corrected chi connectivity index (χ2v) is 4.71. The van der Waals surface area contributed by atoms with Crippen LogP contribution in [0, 0.1) is 5.82 Å². The van der Waals surface area contributed by atoms with Crippen LogP contribution in [0.3, 0.4) is 0 Å². The van der Waals surface area contributed by atoms with Gasteiger partial charge in [0.05, 0.1) is 22.3 Å². The van der Waals surface area contributed by atoms with Crippen molar-refractivity contribution in [1.29, 1.82) is 0 Å². The fourth-order valence-corrected chi connectivity index (χ4v) is 2.19. The van der Waals surface area contributed by atoms with Crippen LogP contribution in [0.1, 0.15) is 16.2 Å². The number of carbonyl (C=O) groups excluding carboxylic acids is 2. The Bertz CT molecular complexity index is 687. The molecular formula is C11H5BrFN3O3. The first-order valence-corrected chi connectivity index (χ1v) is 5.97. The fraction of sp³-hybridized carbons (Fsp3) is 0.0909. The van der Waals surface area contributed by atoms with Gasteiger partial charge in [-0.05, 0) is 28.1 Å². The summed E-state index contributed by atoms with van der Waals surface area (Å²) in [5, 5.41) is 3.56. The highest BCUT2D eigenvalue weighted by molar-refractivity contribution is 9.10. The van der Waals surface area contributed by atoms with Gasteiger partial charge in [0.1, 0.15) is 5.82 Å². The zero-order valence-corrected chi connectivity index (χ0v) is 10.8. The lowest BCUT2D eigenvalue weighted by Crippen LogP contribution is -2.29. The van der Waals surface area contributed by atoms with E-state index in [4.69, 9.17) is 0 Å². The van der Waals surface area contributed by atoms with Crippen LogP contribution in [-0.2, 0) is 11.3 Å². The van der Waals surface area contributed by atoms with Crippen molar-refractivity contribution < 1.29 is 18.5 Å². The minimum absolute atomic E-state index is 0.0465. The lowest BCUT2D eigenvalue weighted by molar-refractivity contribution is -0.114. The third-order valence-corrected chi connectivity index (χ3v) is 3.33. The number of carbonyl (C=O) groups is 2. The van der Waals surface area contributed by atoms with Crippen molar-refractivity contribution in [3.8, 4) is 0 Å². The monoisotopic (exact) mass is 325 g/mol. The molecule has 0 fully saturated rings. The van der Waals surface area contributed by atoms with Gasteiger partial charge >= 0.3 is 0 Å². The Balaban J connectivity index is 2.06. The number of amides is 1. The minimum atomic E-state index is -0.739. The van der Waals surface area contributed by atoms with Gasteiger partial charge in [-0.2, -0.15) is 4.98 Å². The molecule has 1 aliphatic rings. The predicted octanol–water partition coefficient (Wildman–Crippen LogP) is 1.70. The smallest absolute Gasteiger partial charge is 0.299 e. The molecule has 0 atom stereocenters. The molecule has 0 unspecified atom stereocenters. The van der Waals surface area contributed by atoms with Crippen LogP contribution in [-0.4, -0.2) is 21.8 Å². The maximum atomic E-state index is 13.5. The van der Waals surface area contributed by atoms with Crippen LogP contribution in [0.25, 0.3) is 0 Å². The molecule has 1 amide bonds. The number of fused-ring (bicyclic) bond motifs is 1. The molecule has 6 nitrogen and oxygen atoms in total. The molecule has 0 saturated carbocycles. The summed E-state index contributed by atoms with van der Waals surface area (Å²) in [4.78, 5) is 28.6. The first-order valence-electron chi connectivity index (χ1n) is 5.18. The Morgan fingerprint density at radius 3 is 2.84 bits per heavy atom. The number of hydrogen-bond acceptors (Lipinski definition) is 5. The topological polar surface area (TPSA) is 76.3 Å². The Hall–Kier alpha value is -2.09. The van der Waals surface area contributed by atoms with E-state index in [1.54, 1.807) is 0 Å². The first kappa shape index (κ1) is 12.0. The molecule has 2 aromatic rings. The number of halogens is 2. The van der Waals surface area contributed by atoms with E-state index in [9.17, 15) is 14.0 Å². The molecule has 0 saturated heterocycles. The molecule has 2 heterocycles. The van der Waals surface area contributed by atoms with Crippen LogP contribution in [0.2, 0.25) is 0 Å². The van der Waals surface area contributed by atoms with E-state index in [0.717, 1.165) is 17.4 Å². The van der Waals surface area contributed by atoms with E-state index in [2.05, 4.69) is 30.6 Å². The maximum Gasteiger partial charge on any atom is 0.299 e. The van der Waals surface area contributed by atoms with Gasteiger partial charge in [-0.3, -0.25) is 14.5 Å². The minimum Gasteiger partial charge on any atom is -0.343 e. The molecule has 0 radical (unpaired) electrons. The van der Waals surface area contributed by atoms with Gasteiger partial charge in [-0.25, -0.2) is 4.39 Å². The van der Waals surface area contributed by atoms with E-state index in [1.165, 1.54) is 6.07 Å². The summed E-state index contributed by atoms with van der Waals surface area (Å²) >= 11 is 2.98. The Morgan fingerprint density at radius 2 is 2.16 bits per heavy atom. The second kappa shape index (κ2) is 4.23. The number of aromatic nitrogens is 2. The Kier molecular flexibility index (Phi) is 2.67. The fourth-order valence-electron chi connectivity index (χ4n) is 1.85. The number of ketones is 1. The summed E-state index contributed by atoms with van der Waals surface area (Å²) in [6, 6.07) is 2.42. The summed E-state index contributed by atoms with van der Waals surface area (Å²) in [7, 11) is 0. The number of hydrogen-bond donors (Lipinski definition) is 0. The van der Waals surface area contributed by atoms with Gasteiger partial charge in [0.2, 0.25) is 6.39 Å². The van der Waals surface area contributed by atoms with Crippen LogP contribution >= 0.6 is 15.9 Å². The Labute approximate surface area is 114 Å². The quantitative estimate of drug-likeness (QED) is 0.785. The highest BCUT2D eigenvalue weighted by Gasteiger charge is 2.37. The Morgan fingerprint density at radius 1 is 1.37 bits per heavy atom. The van der Waals surface area contributed by atoms with Crippen LogP contribution < -0.4 is 4.90 Å². The van der Waals surface area contributed by atoms with Crippen molar-refractivity contribution in [1.82, 2.24) is 10.1 Å². The van der Waals surface area contributed by atoms with E-state index in [1.807, 2.05) is 0 Å². The number of Topliss-reactive ketones (excluding diaryl/α,β-unsaturated/α-hetero) is 1. The van der Waals surface area contributed by atoms with Crippen molar-refractivity contribution in [2.45, 2.75) is 6.54 Å². The zero-order chi connectivity index (χ0) is 13.6. The van der Waals surface area contributed by atoms with Gasteiger partial charge in [-0.15, -0.1) is 0 Å². The second-order valence-electron chi connectivity index (χ2n) is 3.85.